The normalized spacial score (nSPS) is 17.9. The number of halogens is 1. The Morgan fingerprint density at radius 2 is 1.75 bits per heavy atom. The lowest BCUT2D eigenvalue weighted by Gasteiger charge is -2.23. The molecule has 7 heteroatoms. The summed E-state index contributed by atoms with van der Waals surface area (Å²) in [5, 5.41) is 12.0. The summed E-state index contributed by atoms with van der Waals surface area (Å²) in [7, 11) is 0. The number of anilines is 1. The number of benzene rings is 3. The van der Waals surface area contributed by atoms with E-state index in [9.17, 15) is 14.7 Å². The molecule has 0 saturated carbocycles. The predicted molar refractivity (Wildman–Crippen MR) is 127 cm³/mol. The monoisotopic (exact) mass is 460 g/mol. The zero-order valence-electron chi connectivity index (χ0n) is 16.9. The minimum absolute atomic E-state index is 0.0268. The minimum Gasteiger partial charge on any atom is -0.507 e. The minimum atomic E-state index is -0.825. The van der Waals surface area contributed by atoms with E-state index in [4.69, 9.17) is 11.6 Å². The van der Waals surface area contributed by atoms with E-state index in [2.05, 4.69) is 4.98 Å². The molecule has 5 nitrogen and oxygen atoms in total. The van der Waals surface area contributed by atoms with Crippen molar-refractivity contribution in [3.8, 4) is 0 Å². The quantitative estimate of drug-likeness (QED) is 0.235. The molecule has 158 valence electrons. The number of aliphatic hydroxyl groups is 1. The fraction of sp³-hybridized carbons (Fsp3) is 0.0800. The third-order valence-corrected chi connectivity index (χ3v) is 6.69. The highest BCUT2D eigenvalue weighted by Crippen LogP contribution is 2.44. The number of carbonyl (C=O) groups is 2. The number of aromatic nitrogens is 1. The van der Waals surface area contributed by atoms with Gasteiger partial charge in [0.05, 0.1) is 21.8 Å². The average Bonchev–Trinajstić information content (AvgIpc) is 3.32. The number of Topliss-reactive ketones (excluding diaryl/α,β-unsaturated/α-hetero) is 1. The van der Waals surface area contributed by atoms with Crippen LogP contribution >= 0.6 is 22.9 Å². The molecule has 2 heterocycles. The van der Waals surface area contributed by atoms with Crippen molar-refractivity contribution in [3.05, 3.63) is 100 Å². The van der Waals surface area contributed by atoms with Crippen LogP contribution in [0.2, 0.25) is 5.02 Å². The molecule has 0 bridgehead atoms. The first kappa shape index (κ1) is 20.4. The third kappa shape index (κ3) is 3.38. The van der Waals surface area contributed by atoms with E-state index in [0.29, 0.717) is 21.3 Å². The van der Waals surface area contributed by atoms with E-state index in [0.717, 1.165) is 15.8 Å². The van der Waals surface area contributed by atoms with Gasteiger partial charge in [-0.2, -0.15) is 0 Å². The van der Waals surface area contributed by atoms with Gasteiger partial charge < -0.3 is 5.11 Å². The SMILES string of the molecule is Cc1ccc2nc(N3C(=O)C(=O)C(=C(O)c4ccccc4)[C@@H]3c3ccc(Cl)cc3)sc2c1. The van der Waals surface area contributed by atoms with Crippen LogP contribution in [0.5, 0.6) is 0 Å². The van der Waals surface area contributed by atoms with Crippen LogP contribution in [0.3, 0.4) is 0 Å². The summed E-state index contributed by atoms with van der Waals surface area (Å²) in [5.74, 6) is -1.69. The first-order valence-corrected chi connectivity index (χ1v) is 11.1. The highest BCUT2D eigenvalue weighted by Gasteiger charge is 2.48. The van der Waals surface area contributed by atoms with Crippen LogP contribution in [0.25, 0.3) is 16.0 Å². The van der Waals surface area contributed by atoms with Crippen LogP contribution in [-0.2, 0) is 9.59 Å². The summed E-state index contributed by atoms with van der Waals surface area (Å²) >= 11 is 7.41. The number of fused-ring (bicyclic) bond motifs is 1. The molecule has 0 aliphatic carbocycles. The Morgan fingerprint density at radius 1 is 1.03 bits per heavy atom. The van der Waals surface area contributed by atoms with Crippen molar-refractivity contribution < 1.29 is 14.7 Å². The van der Waals surface area contributed by atoms with Gasteiger partial charge in [-0.1, -0.05) is 71.5 Å². The molecule has 4 aromatic rings. The average molecular weight is 461 g/mol. The van der Waals surface area contributed by atoms with Crippen LogP contribution in [0.1, 0.15) is 22.7 Å². The molecule has 1 fully saturated rings. The molecule has 0 spiro atoms. The van der Waals surface area contributed by atoms with Gasteiger partial charge in [0, 0.05) is 10.6 Å². The van der Waals surface area contributed by atoms with Crippen LogP contribution in [0, 0.1) is 6.92 Å². The Hall–Kier alpha value is -3.48. The predicted octanol–water partition coefficient (Wildman–Crippen LogP) is 5.88. The van der Waals surface area contributed by atoms with Gasteiger partial charge in [0.15, 0.2) is 5.13 Å². The lowest BCUT2D eigenvalue weighted by molar-refractivity contribution is -0.132. The van der Waals surface area contributed by atoms with Gasteiger partial charge in [-0.3, -0.25) is 14.5 Å². The van der Waals surface area contributed by atoms with Crippen LogP contribution < -0.4 is 4.90 Å². The number of aryl methyl sites for hydroxylation is 1. The number of carbonyl (C=O) groups excluding carboxylic acids is 2. The molecule has 32 heavy (non-hydrogen) atoms. The van der Waals surface area contributed by atoms with Crippen LogP contribution in [0.15, 0.2) is 78.4 Å². The fourth-order valence-corrected chi connectivity index (χ4v) is 5.08. The zero-order valence-corrected chi connectivity index (χ0v) is 18.5. The lowest BCUT2D eigenvalue weighted by atomic mass is 9.95. The number of ketones is 1. The molecule has 1 aliphatic rings. The molecule has 0 radical (unpaired) electrons. The standard InChI is InChI=1S/C25H17ClN2O3S/c1-14-7-12-18-19(13-14)32-25(27-18)28-21(15-8-10-17(26)11-9-15)20(23(30)24(28)31)22(29)16-5-3-2-4-6-16/h2-13,21,29H,1H3/t21-/m0/s1. The summed E-state index contributed by atoms with van der Waals surface area (Å²) in [6.07, 6.45) is 0. The molecular weight excluding hydrogens is 444 g/mol. The molecule has 1 N–H and O–H groups in total. The van der Waals surface area contributed by atoms with Crippen molar-refractivity contribution in [1.82, 2.24) is 4.98 Å². The Labute approximate surface area is 193 Å². The van der Waals surface area contributed by atoms with Crippen molar-refractivity contribution >= 4 is 55.7 Å². The summed E-state index contributed by atoms with van der Waals surface area (Å²) in [5.41, 5.74) is 2.97. The largest absolute Gasteiger partial charge is 0.507 e. The third-order valence-electron chi connectivity index (χ3n) is 5.42. The molecule has 1 atom stereocenters. The van der Waals surface area contributed by atoms with Gasteiger partial charge in [0.25, 0.3) is 5.78 Å². The van der Waals surface area contributed by atoms with E-state index in [1.807, 2.05) is 31.2 Å². The second-order valence-corrected chi connectivity index (χ2v) is 9.00. The Kier molecular flexibility index (Phi) is 5.04. The number of amides is 1. The van der Waals surface area contributed by atoms with Gasteiger partial charge in [-0.15, -0.1) is 0 Å². The summed E-state index contributed by atoms with van der Waals surface area (Å²) in [4.78, 5) is 32.4. The molecule has 3 aromatic carbocycles. The van der Waals surface area contributed by atoms with Gasteiger partial charge in [-0.25, -0.2) is 4.98 Å². The maximum Gasteiger partial charge on any atom is 0.301 e. The first-order chi connectivity index (χ1) is 15.4. The summed E-state index contributed by atoms with van der Waals surface area (Å²) in [6, 6.07) is 20.6. The van der Waals surface area contributed by atoms with Crippen molar-refractivity contribution in [3.63, 3.8) is 0 Å². The zero-order chi connectivity index (χ0) is 22.4. The number of rotatable bonds is 3. The van der Waals surface area contributed by atoms with E-state index >= 15 is 0 Å². The highest BCUT2D eigenvalue weighted by atomic mass is 35.5. The second-order valence-electron chi connectivity index (χ2n) is 7.55. The number of hydrogen-bond donors (Lipinski definition) is 1. The van der Waals surface area contributed by atoms with Gasteiger partial charge >= 0.3 is 5.91 Å². The number of hydrogen-bond acceptors (Lipinski definition) is 5. The summed E-state index contributed by atoms with van der Waals surface area (Å²) in [6.45, 7) is 1.98. The van der Waals surface area contributed by atoms with E-state index < -0.39 is 17.7 Å². The van der Waals surface area contributed by atoms with E-state index in [1.54, 1.807) is 48.5 Å². The van der Waals surface area contributed by atoms with Gasteiger partial charge in [-0.05, 0) is 42.3 Å². The topological polar surface area (TPSA) is 70.5 Å². The number of nitrogens with zero attached hydrogens (tertiary/aromatic N) is 2. The van der Waals surface area contributed by atoms with Crippen molar-refractivity contribution in [1.29, 1.82) is 0 Å². The molecule has 1 amide bonds. The van der Waals surface area contributed by atoms with Crippen LogP contribution in [0.4, 0.5) is 5.13 Å². The molecule has 1 aromatic heterocycles. The number of aliphatic hydroxyl groups excluding tert-OH is 1. The van der Waals surface area contributed by atoms with Crippen molar-refractivity contribution in [2.24, 2.45) is 0 Å². The Bertz CT molecular complexity index is 1390. The van der Waals surface area contributed by atoms with Crippen molar-refractivity contribution in [2.45, 2.75) is 13.0 Å². The maximum absolute atomic E-state index is 13.2. The van der Waals surface area contributed by atoms with E-state index in [1.165, 1.54) is 16.2 Å². The first-order valence-electron chi connectivity index (χ1n) is 9.93. The molecule has 5 rings (SSSR count). The van der Waals surface area contributed by atoms with Crippen LogP contribution in [-0.4, -0.2) is 21.8 Å². The highest BCUT2D eigenvalue weighted by molar-refractivity contribution is 7.22. The summed E-state index contributed by atoms with van der Waals surface area (Å²) < 4.78 is 0.916. The second kappa shape index (κ2) is 7.89. The maximum atomic E-state index is 13.2. The Balaban J connectivity index is 1.73. The lowest BCUT2D eigenvalue weighted by Crippen LogP contribution is -2.29. The fourth-order valence-electron chi connectivity index (χ4n) is 3.86. The molecule has 1 aliphatic heterocycles. The molecule has 0 unspecified atom stereocenters. The van der Waals surface area contributed by atoms with Gasteiger partial charge in [0.1, 0.15) is 5.76 Å². The van der Waals surface area contributed by atoms with Gasteiger partial charge in [0.2, 0.25) is 0 Å². The smallest absolute Gasteiger partial charge is 0.301 e. The van der Waals surface area contributed by atoms with Crippen molar-refractivity contribution in [2.75, 3.05) is 4.90 Å². The Morgan fingerprint density at radius 3 is 2.47 bits per heavy atom. The number of thiazole rings is 1. The van der Waals surface area contributed by atoms with E-state index in [-0.39, 0.29) is 11.3 Å². The molecule has 1 saturated heterocycles. The molecular formula is C25H17ClN2O3S.